The van der Waals surface area contributed by atoms with Crippen LogP contribution >= 0.6 is 0 Å². The van der Waals surface area contributed by atoms with Gasteiger partial charge in [-0.3, -0.25) is 4.90 Å². The summed E-state index contributed by atoms with van der Waals surface area (Å²) in [4.78, 5) is 24.6. The van der Waals surface area contributed by atoms with E-state index in [4.69, 9.17) is 9.47 Å². The lowest BCUT2D eigenvalue weighted by Gasteiger charge is -2.50. The van der Waals surface area contributed by atoms with Crippen LogP contribution in [0.5, 0.6) is 0 Å². The van der Waals surface area contributed by atoms with Crippen molar-refractivity contribution in [3.8, 4) is 0 Å². The number of amides is 1. The molecule has 1 aliphatic heterocycles. The fraction of sp³-hybridized carbons (Fsp3) is 0.833. The zero-order chi connectivity index (χ0) is 14.1. The van der Waals surface area contributed by atoms with E-state index in [1.165, 1.54) is 4.90 Å². The Morgan fingerprint density at radius 3 is 2.39 bits per heavy atom. The molecule has 18 heavy (non-hydrogen) atoms. The summed E-state index contributed by atoms with van der Waals surface area (Å²) < 4.78 is 9.95. The highest BCUT2D eigenvalue weighted by Gasteiger charge is 2.58. The van der Waals surface area contributed by atoms with Crippen molar-refractivity contribution in [2.45, 2.75) is 51.9 Å². The fourth-order valence-corrected chi connectivity index (χ4v) is 1.71. The van der Waals surface area contributed by atoms with Crippen LogP contribution in [0.25, 0.3) is 0 Å². The van der Waals surface area contributed by atoms with E-state index in [9.17, 15) is 14.7 Å². The SMILES string of the molecule is CCOC(=O)C1(O)CN(C(=O)OC(C)(C)C)[C@@H]1C. The van der Waals surface area contributed by atoms with Crippen molar-refractivity contribution in [3.05, 3.63) is 0 Å². The Morgan fingerprint density at radius 1 is 1.44 bits per heavy atom. The molecule has 6 nitrogen and oxygen atoms in total. The average Bonchev–Trinajstić information content (AvgIpc) is 2.22. The smallest absolute Gasteiger partial charge is 0.410 e. The normalized spacial score (nSPS) is 27.4. The molecule has 1 fully saturated rings. The maximum atomic E-state index is 11.8. The summed E-state index contributed by atoms with van der Waals surface area (Å²) in [6.45, 7) is 8.62. The lowest BCUT2D eigenvalue weighted by atomic mass is 9.85. The third-order valence-corrected chi connectivity index (χ3v) is 2.83. The molecule has 0 saturated carbocycles. The van der Waals surface area contributed by atoms with Gasteiger partial charge in [0.1, 0.15) is 5.60 Å². The Hall–Kier alpha value is -1.30. The van der Waals surface area contributed by atoms with Crippen molar-refractivity contribution in [2.24, 2.45) is 0 Å². The van der Waals surface area contributed by atoms with Crippen LogP contribution in [0.4, 0.5) is 4.79 Å². The third kappa shape index (κ3) is 2.75. The van der Waals surface area contributed by atoms with Crippen LogP contribution in [0.15, 0.2) is 0 Å². The van der Waals surface area contributed by atoms with E-state index in [-0.39, 0.29) is 13.2 Å². The van der Waals surface area contributed by atoms with E-state index in [0.717, 1.165) is 0 Å². The molecule has 1 unspecified atom stereocenters. The summed E-state index contributed by atoms with van der Waals surface area (Å²) in [5, 5.41) is 10.1. The van der Waals surface area contributed by atoms with Crippen LogP contribution in [0.2, 0.25) is 0 Å². The van der Waals surface area contributed by atoms with E-state index in [0.29, 0.717) is 0 Å². The number of β-amino-alcohol motifs (C(OH)–C–C–N with tert-alkyl or cyclic N) is 1. The van der Waals surface area contributed by atoms with Crippen LogP contribution < -0.4 is 0 Å². The minimum absolute atomic E-state index is 0.0953. The first-order valence-electron chi connectivity index (χ1n) is 6.01. The van der Waals surface area contributed by atoms with Gasteiger partial charge >= 0.3 is 12.1 Å². The minimum atomic E-state index is -1.62. The lowest BCUT2D eigenvalue weighted by molar-refractivity contribution is -0.194. The molecule has 0 spiro atoms. The second-order valence-corrected chi connectivity index (χ2v) is 5.43. The molecule has 1 rings (SSSR count). The molecule has 0 aliphatic carbocycles. The molecule has 6 heteroatoms. The summed E-state index contributed by atoms with van der Waals surface area (Å²) in [5.41, 5.74) is -2.22. The molecular weight excluding hydrogens is 238 g/mol. The number of carbonyl (C=O) groups excluding carboxylic acids is 2. The molecule has 0 aromatic carbocycles. The molecule has 1 amide bonds. The Bertz CT molecular complexity index is 349. The van der Waals surface area contributed by atoms with Gasteiger partial charge in [0.2, 0.25) is 0 Å². The van der Waals surface area contributed by atoms with Crippen molar-refractivity contribution in [1.29, 1.82) is 0 Å². The van der Waals surface area contributed by atoms with Gasteiger partial charge in [-0.2, -0.15) is 0 Å². The van der Waals surface area contributed by atoms with E-state index >= 15 is 0 Å². The highest BCUT2D eigenvalue weighted by atomic mass is 16.6. The van der Waals surface area contributed by atoms with Crippen LogP contribution in [0.1, 0.15) is 34.6 Å². The number of likely N-dealkylation sites (tertiary alicyclic amines) is 1. The molecule has 0 aromatic rings. The van der Waals surface area contributed by atoms with Crippen molar-refractivity contribution in [2.75, 3.05) is 13.2 Å². The highest BCUT2D eigenvalue weighted by Crippen LogP contribution is 2.31. The predicted octanol–water partition coefficient (Wildman–Crippen LogP) is 0.920. The molecule has 1 heterocycles. The minimum Gasteiger partial charge on any atom is -0.464 e. The Kier molecular flexibility index (Phi) is 3.90. The number of hydrogen-bond acceptors (Lipinski definition) is 5. The van der Waals surface area contributed by atoms with Crippen LogP contribution in [0.3, 0.4) is 0 Å². The quantitative estimate of drug-likeness (QED) is 0.746. The van der Waals surface area contributed by atoms with Crippen LogP contribution in [-0.4, -0.2) is 52.5 Å². The zero-order valence-electron chi connectivity index (χ0n) is 11.5. The van der Waals surface area contributed by atoms with Crippen molar-refractivity contribution in [1.82, 2.24) is 4.90 Å². The molecule has 0 radical (unpaired) electrons. The van der Waals surface area contributed by atoms with E-state index < -0.39 is 29.3 Å². The van der Waals surface area contributed by atoms with E-state index in [1.807, 2.05) is 0 Å². The summed E-state index contributed by atoms with van der Waals surface area (Å²) in [6, 6.07) is -0.647. The topological polar surface area (TPSA) is 76.1 Å². The van der Waals surface area contributed by atoms with Gasteiger partial charge in [0.15, 0.2) is 5.60 Å². The third-order valence-electron chi connectivity index (χ3n) is 2.83. The average molecular weight is 259 g/mol. The molecule has 104 valence electrons. The Labute approximate surface area is 107 Å². The lowest BCUT2D eigenvalue weighted by Crippen LogP contribution is -2.74. The Morgan fingerprint density at radius 2 is 2.00 bits per heavy atom. The highest BCUT2D eigenvalue weighted by molar-refractivity contribution is 5.85. The summed E-state index contributed by atoms with van der Waals surface area (Å²) in [6.07, 6.45) is -0.538. The summed E-state index contributed by atoms with van der Waals surface area (Å²) >= 11 is 0. The van der Waals surface area contributed by atoms with Gasteiger partial charge in [0.25, 0.3) is 0 Å². The zero-order valence-corrected chi connectivity index (χ0v) is 11.5. The van der Waals surface area contributed by atoms with Gasteiger partial charge < -0.3 is 14.6 Å². The van der Waals surface area contributed by atoms with Gasteiger partial charge in [0, 0.05) is 0 Å². The van der Waals surface area contributed by atoms with Gasteiger partial charge in [-0.1, -0.05) is 0 Å². The second kappa shape index (κ2) is 4.76. The van der Waals surface area contributed by atoms with E-state index in [2.05, 4.69) is 0 Å². The van der Waals surface area contributed by atoms with Gasteiger partial charge in [0.05, 0.1) is 19.2 Å². The first-order valence-corrected chi connectivity index (χ1v) is 6.01. The number of aliphatic hydroxyl groups is 1. The second-order valence-electron chi connectivity index (χ2n) is 5.43. The monoisotopic (exact) mass is 259 g/mol. The standard InChI is InChI=1S/C12H21NO5/c1-6-17-9(14)12(16)7-13(8(12)2)10(15)18-11(3,4)5/h8,16H,6-7H2,1-5H3/t8-,12?/m1/s1. The number of nitrogens with zero attached hydrogens (tertiary/aromatic N) is 1. The first kappa shape index (κ1) is 14.8. The molecule has 2 atom stereocenters. The van der Waals surface area contributed by atoms with Crippen molar-refractivity contribution in [3.63, 3.8) is 0 Å². The number of carbonyl (C=O) groups is 2. The largest absolute Gasteiger partial charge is 0.464 e. The number of ether oxygens (including phenoxy) is 2. The molecule has 1 aliphatic rings. The fourth-order valence-electron chi connectivity index (χ4n) is 1.71. The van der Waals surface area contributed by atoms with Crippen molar-refractivity contribution < 1.29 is 24.2 Å². The summed E-state index contributed by atoms with van der Waals surface area (Å²) in [5.74, 6) is -0.697. The number of hydrogen-bond donors (Lipinski definition) is 1. The molecular formula is C12H21NO5. The van der Waals surface area contributed by atoms with E-state index in [1.54, 1.807) is 34.6 Å². The molecule has 1 saturated heterocycles. The summed E-state index contributed by atoms with van der Waals surface area (Å²) in [7, 11) is 0. The number of esters is 1. The maximum absolute atomic E-state index is 11.8. The van der Waals surface area contributed by atoms with Crippen LogP contribution in [-0.2, 0) is 14.3 Å². The van der Waals surface area contributed by atoms with Gasteiger partial charge in [-0.05, 0) is 34.6 Å². The van der Waals surface area contributed by atoms with Gasteiger partial charge in [-0.25, -0.2) is 9.59 Å². The molecule has 0 aromatic heterocycles. The maximum Gasteiger partial charge on any atom is 0.410 e. The molecule has 0 bridgehead atoms. The van der Waals surface area contributed by atoms with Crippen LogP contribution in [0, 0.1) is 0 Å². The van der Waals surface area contributed by atoms with Crippen molar-refractivity contribution >= 4 is 12.1 Å². The Balaban J connectivity index is 2.62. The predicted molar refractivity (Wildman–Crippen MR) is 64.0 cm³/mol. The number of rotatable bonds is 2. The first-order chi connectivity index (χ1) is 8.12. The molecule has 1 N–H and O–H groups in total. The van der Waals surface area contributed by atoms with Gasteiger partial charge in [-0.15, -0.1) is 0 Å².